The van der Waals surface area contributed by atoms with Gasteiger partial charge in [-0.25, -0.2) is 0 Å². The molecule has 1 amide bonds. The molecule has 0 aromatic carbocycles. The summed E-state index contributed by atoms with van der Waals surface area (Å²) in [5, 5.41) is 11.8. The molecule has 2 N–H and O–H groups in total. The first-order valence-corrected chi connectivity index (χ1v) is 5.27. The minimum atomic E-state index is -0.283. The van der Waals surface area contributed by atoms with Gasteiger partial charge in [0.2, 0.25) is 5.91 Å². The molecular formula is C10H19NO3. The largest absolute Gasteiger partial charge is 0.393 e. The van der Waals surface area contributed by atoms with Crippen LogP contribution < -0.4 is 5.32 Å². The molecule has 0 radical (unpaired) electrons. The molecule has 2 unspecified atom stereocenters. The topological polar surface area (TPSA) is 58.6 Å². The fourth-order valence-electron chi connectivity index (χ4n) is 1.51. The van der Waals surface area contributed by atoms with Crippen molar-refractivity contribution in [2.75, 3.05) is 13.2 Å². The first-order valence-electron chi connectivity index (χ1n) is 5.27. The van der Waals surface area contributed by atoms with Crippen LogP contribution in [0.25, 0.3) is 0 Å². The van der Waals surface area contributed by atoms with Crippen LogP contribution in [-0.2, 0) is 9.53 Å². The number of aliphatic hydroxyl groups excluding tert-OH is 1. The third-order valence-corrected chi connectivity index (χ3v) is 2.32. The molecule has 0 aliphatic carbocycles. The standard InChI is InChI=1S/C10H19NO3/c1-8(12)4-2-6-11-10(13)9-5-3-7-14-9/h8-9,12H,2-7H2,1H3,(H,11,13). The number of hydrogen-bond acceptors (Lipinski definition) is 3. The van der Waals surface area contributed by atoms with Crippen LogP contribution in [-0.4, -0.2) is 36.4 Å². The highest BCUT2D eigenvalue weighted by Crippen LogP contribution is 2.11. The molecule has 4 heteroatoms. The maximum absolute atomic E-state index is 11.4. The highest BCUT2D eigenvalue weighted by molar-refractivity contribution is 5.80. The lowest BCUT2D eigenvalue weighted by Crippen LogP contribution is -2.34. The van der Waals surface area contributed by atoms with Crippen molar-refractivity contribution in [3.63, 3.8) is 0 Å². The number of carbonyl (C=O) groups excluding carboxylic acids is 1. The van der Waals surface area contributed by atoms with Gasteiger partial charge in [-0.15, -0.1) is 0 Å². The molecule has 0 bridgehead atoms. The van der Waals surface area contributed by atoms with Crippen molar-refractivity contribution in [1.82, 2.24) is 5.32 Å². The molecule has 1 fully saturated rings. The van der Waals surface area contributed by atoms with Crippen LogP contribution in [0.4, 0.5) is 0 Å². The van der Waals surface area contributed by atoms with Crippen molar-refractivity contribution in [2.24, 2.45) is 0 Å². The second-order valence-electron chi connectivity index (χ2n) is 3.78. The fraction of sp³-hybridized carbons (Fsp3) is 0.900. The van der Waals surface area contributed by atoms with Gasteiger partial charge in [0.05, 0.1) is 6.10 Å². The summed E-state index contributed by atoms with van der Waals surface area (Å²) in [7, 11) is 0. The van der Waals surface area contributed by atoms with E-state index < -0.39 is 0 Å². The van der Waals surface area contributed by atoms with Gasteiger partial charge in [-0.1, -0.05) is 0 Å². The Bertz CT molecular complexity index is 176. The summed E-state index contributed by atoms with van der Waals surface area (Å²) in [6, 6.07) is 0. The third kappa shape index (κ3) is 4.07. The summed E-state index contributed by atoms with van der Waals surface area (Å²) in [4.78, 5) is 11.4. The Morgan fingerprint density at radius 2 is 2.50 bits per heavy atom. The first kappa shape index (κ1) is 11.5. The molecular weight excluding hydrogens is 182 g/mol. The minimum absolute atomic E-state index is 0.00640. The number of ether oxygens (including phenoxy) is 1. The molecule has 14 heavy (non-hydrogen) atoms. The number of aliphatic hydroxyl groups is 1. The smallest absolute Gasteiger partial charge is 0.249 e. The van der Waals surface area contributed by atoms with Crippen molar-refractivity contribution < 1.29 is 14.6 Å². The first-order chi connectivity index (χ1) is 6.70. The van der Waals surface area contributed by atoms with Crippen LogP contribution in [0.3, 0.4) is 0 Å². The SMILES string of the molecule is CC(O)CCCNC(=O)C1CCCO1. The maximum atomic E-state index is 11.4. The van der Waals surface area contributed by atoms with E-state index in [0.717, 1.165) is 25.7 Å². The monoisotopic (exact) mass is 201 g/mol. The summed E-state index contributed by atoms with van der Waals surface area (Å²) in [6.45, 7) is 3.08. The molecule has 0 spiro atoms. The number of amides is 1. The molecule has 0 saturated carbocycles. The zero-order chi connectivity index (χ0) is 10.4. The average Bonchev–Trinajstić information content (AvgIpc) is 2.64. The second kappa shape index (κ2) is 5.98. The van der Waals surface area contributed by atoms with Gasteiger partial charge in [-0.2, -0.15) is 0 Å². The Morgan fingerprint density at radius 3 is 3.07 bits per heavy atom. The Morgan fingerprint density at radius 1 is 1.71 bits per heavy atom. The Hall–Kier alpha value is -0.610. The fourth-order valence-corrected chi connectivity index (χ4v) is 1.51. The second-order valence-corrected chi connectivity index (χ2v) is 3.78. The van der Waals surface area contributed by atoms with Gasteiger partial charge < -0.3 is 15.2 Å². The highest BCUT2D eigenvalue weighted by atomic mass is 16.5. The van der Waals surface area contributed by atoms with Crippen molar-refractivity contribution in [3.8, 4) is 0 Å². The van der Waals surface area contributed by atoms with Crippen molar-refractivity contribution in [1.29, 1.82) is 0 Å². The van der Waals surface area contributed by atoms with Crippen molar-refractivity contribution in [3.05, 3.63) is 0 Å². The van der Waals surface area contributed by atoms with Gasteiger partial charge in [-0.05, 0) is 32.6 Å². The summed E-state index contributed by atoms with van der Waals surface area (Å²) in [5.41, 5.74) is 0. The molecule has 0 aromatic rings. The van der Waals surface area contributed by atoms with Crippen molar-refractivity contribution >= 4 is 5.91 Å². The maximum Gasteiger partial charge on any atom is 0.249 e. The molecule has 2 atom stereocenters. The van der Waals surface area contributed by atoms with Crippen LogP contribution in [0.5, 0.6) is 0 Å². The average molecular weight is 201 g/mol. The highest BCUT2D eigenvalue weighted by Gasteiger charge is 2.22. The predicted octanol–water partition coefficient (Wildman–Crippen LogP) is 0.443. The van der Waals surface area contributed by atoms with E-state index in [1.54, 1.807) is 6.92 Å². The van der Waals surface area contributed by atoms with Crippen LogP contribution in [0, 0.1) is 0 Å². The molecule has 0 aromatic heterocycles. The molecule has 4 nitrogen and oxygen atoms in total. The van der Waals surface area contributed by atoms with E-state index in [9.17, 15) is 4.79 Å². The predicted molar refractivity (Wildman–Crippen MR) is 52.9 cm³/mol. The Kier molecular flexibility index (Phi) is 4.90. The summed E-state index contributed by atoms with van der Waals surface area (Å²) < 4.78 is 5.23. The van der Waals surface area contributed by atoms with Gasteiger partial charge in [0.15, 0.2) is 0 Å². The lowest BCUT2D eigenvalue weighted by molar-refractivity contribution is -0.130. The van der Waals surface area contributed by atoms with Gasteiger partial charge in [-0.3, -0.25) is 4.79 Å². The lowest BCUT2D eigenvalue weighted by atomic mass is 10.2. The number of rotatable bonds is 5. The normalized spacial score (nSPS) is 23.4. The summed E-state index contributed by atoms with van der Waals surface area (Å²) in [6.07, 6.45) is 2.84. The summed E-state index contributed by atoms with van der Waals surface area (Å²) in [5.74, 6) is -0.00640. The number of nitrogens with one attached hydrogen (secondary N) is 1. The van der Waals surface area contributed by atoms with Gasteiger partial charge in [0, 0.05) is 13.2 Å². The number of carbonyl (C=O) groups is 1. The van der Waals surface area contributed by atoms with E-state index in [1.807, 2.05) is 0 Å². The van der Waals surface area contributed by atoms with Gasteiger partial charge in [0.1, 0.15) is 6.10 Å². The Labute approximate surface area is 84.6 Å². The van der Waals surface area contributed by atoms with Crippen LogP contribution in [0.15, 0.2) is 0 Å². The molecule has 82 valence electrons. The molecule has 1 saturated heterocycles. The Balaban J connectivity index is 2.03. The molecule has 1 aliphatic rings. The molecule has 1 rings (SSSR count). The van der Waals surface area contributed by atoms with E-state index >= 15 is 0 Å². The van der Waals surface area contributed by atoms with Crippen LogP contribution >= 0.6 is 0 Å². The van der Waals surface area contributed by atoms with E-state index in [-0.39, 0.29) is 18.1 Å². The number of hydrogen-bond donors (Lipinski definition) is 2. The van der Waals surface area contributed by atoms with Crippen LogP contribution in [0.2, 0.25) is 0 Å². The van der Waals surface area contributed by atoms with Crippen molar-refractivity contribution in [2.45, 2.75) is 44.8 Å². The van der Waals surface area contributed by atoms with Gasteiger partial charge >= 0.3 is 0 Å². The minimum Gasteiger partial charge on any atom is -0.393 e. The quantitative estimate of drug-likeness (QED) is 0.635. The third-order valence-electron chi connectivity index (χ3n) is 2.32. The van der Waals surface area contributed by atoms with E-state index in [0.29, 0.717) is 13.2 Å². The van der Waals surface area contributed by atoms with E-state index in [1.165, 1.54) is 0 Å². The zero-order valence-electron chi connectivity index (χ0n) is 8.66. The molecule has 1 heterocycles. The van der Waals surface area contributed by atoms with Gasteiger partial charge in [0.25, 0.3) is 0 Å². The summed E-state index contributed by atoms with van der Waals surface area (Å²) >= 11 is 0. The van der Waals surface area contributed by atoms with E-state index in [4.69, 9.17) is 9.84 Å². The van der Waals surface area contributed by atoms with Crippen LogP contribution in [0.1, 0.15) is 32.6 Å². The lowest BCUT2D eigenvalue weighted by Gasteiger charge is -2.10. The zero-order valence-corrected chi connectivity index (χ0v) is 8.66. The van der Waals surface area contributed by atoms with E-state index in [2.05, 4.69) is 5.32 Å². The molecule has 1 aliphatic heterocycles.